The molecule has 1 unspecified atom stereocenters. The molecule has 1 heterocycles. The van der Waals surface area contributed by atoms with Crippen LogP contribution in [0.2, 0.25) is 0 Å². The molecule has 2 N–H and O–H groups in total. The number of aliphatic carboxylic acids is 1. The number of thioether (sulfide) groups is 1. The average molecular weight is 297 g/mol. The normalized spacial score (nSPS) is 17.9. The first-order valence-corrected chi connectivity index (χ1v) is 8.17. The molecule has 5 nitrogen and oxygen atoms in total. The third-order valence-electron chi connectivity index (χ3n) is 3.77. The van der Waals surface area contributed by atoms with Crippen LogP contribution in [0, 0.1) is 0 Å². The van der Waals surface area contributed by atoms with Gasteiger partial charge in [-0.3, -0.25) is 14.8 Å². The zero-order chi connectivity index (χ0) is 14.6. The van der Waals surface area contributed by atoms with Crippen LogP contribution in [-0.4, -0.2) is 38.2 Å². The van der Waals surface area contributed by atoms with Crippen LogP contribution in [0.15, 0.2) is 17.3 Å². The molecule has 1 atom stereocenters. The summed E-state index contributed by atoms with van der Waals surface area (Å²) in [5.74, 6) is 0.214. The lowest BCUT2D eigenvalue weighted by molar-refractivity contribution is -0.145. The molecule has 0 spiro atoms. The Morgan fingerprint density at radius 1 is 1.65 bits per heavy atom. The zero-order valence-corrected chi connectivity index (χ0v) is 12.9. The van der Waals surface area contributed by atoms with Gasteiger partial charge in [0.1, 0.15) is 5.54 Å². The van der Waals surface area contributed by atoms with Crippen molar-refractivity contribution in [2.24, 2.45) is 7.05 Å². The number of nitrogens with zero attached hydrogens (tertiary/aromatic N) is 2. The lowest BCUT2D eigenvalue weighted by Crippen LogP contribution is -2.52. The molecule has 0 radical (unpaired) electrons. The predicted octanol–water partition coefficient (Wildman–Crippen LogP) is 2.28. The Balaban J connectivity index is 1.80. The molecule has 0 saturated heterocycles. The van der Waals surface area contributed by atoms with Crippen molar-refractivity contribution in [1.29, 1.82) is 0 Å². The average Bonchev–Trinajstić information content (AvgIpc) is 3.13. The fourth-order valence-corrected chi connectivity index (χ4v) is 3.20. The molecule has 20 heavy (non-hydrogen) atoms. The van der Waals surface area contributed by atoms with Gasteiger partial charge in [-0.05, 0) is 37.9 Å². The second-order valence-electron chi connectivity index (χ2n) is 5.46. The minimum Gasteiger partial charge on any atom is -0.480 e. The van der Waals surface area contributed by atoms with Gasteiger partial charge in [0.15, 0.2) is 0 Å². The molecular formula is C14H23N3O2S. The number of hydrogen-bond donors (Lipinski definition) is 2. The maximum atomic E-state index is 11.6. The summed E-state index contributed by atoms with van der Waals surface area (Å²) >= 11 is 1.73. The monoisotopic (exact) mass is 297 g/mol. The fourth-order valence-electron chi connectivity index (χ4n) is 2.33. The number of rotatable bonds is 9. The summed E-state index contributed by atoms with van der Waals surface area (Å²) in [4.78, 5) is 12.7. The highest BCUT2D eigenvalue weighted by Crippen LogP contribution is 2.28. The summed E-state index contributed by atoms with van der Waals surface area (Å²) in [6.45, 7) is 1.96. The summed E-state index contributed by atoms with van der Waals surface area (Å²) in [5.41, 5.74) is -0.739. The van der Waals surface area contributed by atoms with Crippen molar-refractivity contribution in [2.75, 3.05) is 5.75 Å². The second kappa shape index (κ2) is 6.63. The number of hydrogen-bond acceptors (Lipinski definition) is 4. The van der Waals surface area contributed by atoms with Crippen LogP contribution in [0.25, 0.3) is 0 Å². The van der Waals surface area contributed by atoms with E-state index < -0.39 is 11.5 Å². The topological polar surface area (TPSA) is 67.2 Å². The first-order chi connectivity index (χ1) is 9.55. The Labute approximate surface area is 124 Å². The second-order valence-corrected chi connectivity index (χ2v) is 6.63. The number of nitrogens with one attached hydrogen (secondary N) is 1. The standard InChI is InChI=1S/C14H23N3O2S/c1-3-14(13(18)19,16-11-5-6-11)7-4-8-20-12-9-15-17(2)10-12/h9-11,16H,3-8H2,1-2H3,(H,18,19). The van der Waals surface area contributed by atoms with E-state index in [2.05, 4.69) is 10.4 Å². The molecule has 0 aliphatic heterocycles. The van der Waals surface area contributed by atoms with Crippen molar-refractivity contribution in [3.63, 3.8) is 0 Å². The molecule has 1 fully saturated rings. The van der Waals surface area contributed by atoms with Gasteiger partial charge in [-0.2, -0.15) is 5.10 Å². The van der Waals surface area contributed by atoms with Crippen LogP contribution in [0.5, 0.6) is 0 Å². The van der Waals surface area contributed by atoms with E-state index in [1.54, 1.807) is 16.4 Å². The summed E-state index contributed by atoms with van der Waals surface area (Å²) < 4.78 is 1.78. The Kier molecular flexibility index (Phi) is 5.10. The number of carboxylic acids is 1. The van der Waals surface area contributed by atoms with Gasteiger partial charge in [0.05, 0.1) is 6.20 Å². The minimum absolute atomic E-state index is 0.414. The molecule has 1 aromatic heterocycles. The number of aryl methyl sites for hydroxylation is 1. The lowest BCUT2D eigenvalue weighted by atomic mass is 9.90. The summed E-state index contributed by atoms with van der Waals surface area (Å²) in [5, 5.41) is 17.0. The van der Waals surface area contributed by atoms with Crippen molar-refractivity contribution >= 4 is 17.7 Å². The van der Waals surface area contributed by atoms with E-state index in [4.69, 9.17) is 0 Å². The summed E-state index contributed by atoms with van der Waals surface area (Å²) in [6.07, 6.45) is 8.26. The smallest absolute Gasteiger partial charge is 0.323 e. The fraction of sp³-hybridized carbons (Fsp3) is 0.714. The van der Waals surface area contributed by atoms with E-state index in [-0.39, 0.29) is 0 Å². The Bertz CT molecular complexity index is 459. The number of aromatic nitrogens is 2. The predicted molar refractivity (Wildman–Crippen MR) is 80.0 cm³/mol. The van der Waals surface area contributed by atoms with Crippen molar-refractivity contribution in [3.8, 4) is 0 Å². The van der Waals surface area contributed by atoms with E-state index in [0.29, 0.717) is 18.9 Å². The molecule has 0 bridgehead atoms. The minimum atomic E-state index is -0.739. The first kappa shape index (κ1) is 15.4. The maximum absolute atomic E-state index is 11.6. The van der Waals surface area contributed by atoms with Crippen molar-refractivity contribution in [1.82, 2.24) is 15.1 Å². The Morgan fingerprint density at radius 2 is 2.40 bits per heavy atom. The van der Waals surface area contributed by atoms with Gasteiger partial charge in [0.25, 0.3) is 0 Å². The number of carbonyl (C=O) groups is 1. The zero-order valence-electron chi connectivity index (χ0n) is 12.1. The van der Waals surface area contributed by atoms with E-state index in [1.165, 1.54) is 0 Å². The molecule has 112 valence electrons. The number of carboxylic acid groups (broad SMARTS) is 1. The summed E-state index contributed by atoms with van der Waals surface area (Å²) in [6, 6.07) is 0.414. The van der Waals surface area contributed by atoms with Gasteiger partial charge in [-0.15, -0.1) is 11.8 Å². The third-order valence-corrected chi connectivity index (χ3v) is 4.81. The highest BCUT2D eigenvalue weighted by atomic mass is 32.2. The van der Waals surface area contributed by atoms with Gasteiger partial charge in [-0.25, -0.2) is 0 Å². The summed E-state index contributed by atoms with van der Waals surface area (Å²) in [7, 11) is 1.90. The van der Waals surface area contributed by atoms with Crippen LogP contribution in [0.3, 0.4) is 0 Å². The molecule has 1 aliphatic rings. The molecule has 1 aliphatic carbocycles. The molecular weight excluding hydrogens is 274 g/mol. The maximum Gasteiger partial charge on any atom is 0.323 e. The van der Waals surface area contributed by atoms with E-state index in [0.717, 1.165) is 29.9 Å². The van der Waals surface area contributed by atoms with E-state index >= 15 is 0 Å². The molecule has 6 heteroatoms. The van der Waals surface area contributed by atoms with Crippen LogP contribution < -0.4 is 5.32 Å². The largest absolute Gasteiger partial charge is 0.480 e. The molecule has 0 amide bonds. The lowest BCUT2D eigenvalue weighted by Gasteiger charge is -2.29. The van der Waals surface area contributed by atoms with Crippen molar-refractivity contribution in [3.05, 3.63) is 12.4 Å². The van der Waals surface area contributed by atoms with Crippen LogP contribution >= 0.6 is 11.8 Å². The Hall–Kier alpha value is -1.01. The van der Waals surface area contributed by atoms with Crippen molar-refractivity contribution in [2.45, 2.75) is 55.5 Å². The van der Waals surface area contributed by atoms with Crippen molar-refractivity contribution < 1.29 is 9.90 Å². The van der Waals surface area contributed by atoms with Crippen LogP contribution in [0.4, 0.5) is 0 Å². The van der Waals surface area contributed by atoms with Gasteiger partial charge in [-0.1, -0.05) is 6.92 Å². The Morgan fingerprint density at radius 3 is 2.90 bits per heavy atom. The van der Waals surface area contributed by atoms with Gasteiger partial charge in [0, 0.05) is 24.2 Å². The SMILES string of the molecule is CCC(CCCSc1cnn(C)c1)(NC1CC1)C(=O)O. The molecule has 1 aromatic rings. The van der Waals surface area contributed by atoms with Crippen LogP contribution in [0.1, 0.15) is 39.0 Å². The van der Waals surface area contributed by atoms with Gasteiger partial charge in [0.2, 0.25) is 0 Å². The first-order valence-electron chi connectivity index (χ1n) is 7.18. The highest BCUT2D eigenvalue weighted by molar-refractivity contribution is 7.99. The van der Waals surface area contributed by atoms with E-state index in [9.17, 15) is 9.90 Å². The van der Waals surface area contributed by atoms with Crippen LogP contribution in [-0.2, 0) is 11.8 Å². The van der Waals surface area contributed by atoms with Gasteiger partial charge < -0.3 is 5.11 Å². The highest BCUT2D eigenvalue weighted by Gasteiger charge is 2.40. The molecule has 0 aromatic carbocycles. The quantitative estimate of drug-likeness (QED) is 0.541. The third kappa shape index (κ3) is 3.99. The van der Waals surface area contributed by atoms with Gasteiger partial charge >= 0.3 is 5.97 Å². The molecule has 1 saturated carbocycles. The van der Waals surface area contributed by atoms with E-state index in [1.807, 2.05) is 26.4 Å². The molecule has 2 rings (SSSR count).